The highest BCUT2D eigenvalue weighted by atomic mass is 16.5. The molecule has 0 spiro atoms. The summed E-state index contributed by atoms with van der Waals surface area (Å²) in [5.74, 6) is 0.467. The van der Waals surface area contributed by atoms with E-state index in [-0.39, 0.29) is 5.91 Å². The second-order valence-electron chi connectivity index (χ2n) is 5.13. The summed E-state index contributed by atoms with van der Waals surface area (Å²) in [6.45, 7) is 0. The van der Waals surface area contributed by atoms with E-state index in [4.69, 9.17) is 16.2 Å². The maximum Gasteiger partial charge on any atom is 0.244 e. The van der Waals surface area contributed by atoms with Crippen LogP contribution in [0.5, 0.6) is 5.75 Å². The van der Waals surface area contributed by atoms with E-state index in [1.165, 1.54) is 0 Å². The third-order valence-corrected chi connectivity index (χ3v) is 3.69. The maximum atomic E-state index is 12.2. The van der Waals surface area contributed by atoms with E-state index < -0.39 is 5.54 Å². The summed E-state index contributed by atoms with van der Waals surface area (Å²) in [6.07, 6.45) is 4.65. The molecule has 1 amide bonds. The fourth-order valence-electron chi connectivity index (χ4n) is 2.48. The van der Waals surface area contributed by atoms with Gasteiger partial charge in [0.2, 0.25) is 5.91 Å². The first-order valence-corrected chi connectivity index (χ1v) is 6.59. The summed E-state index contributed by atoms with van der Waals surface area (Å²) in [4.78, 5) is 12.2. The van der Waals surface area contributed by atoms with Crippen molar-refractivity contribution in [3.63, 3.8) is 0 Å². The van der Waals surface area contributed by atoms with Gasteiger partial charge < -0.3 is 21.5 Å². The van der Waals surface area contributed by atoms with Crippen LogP contribution in [0.1, 0.15) is 32.1 Å². The fourth-order valence-corrected chi connectivity index (χ4v) is 2.48. The molecule has 0 radical (unpaired) electrons. The van der Waals surface area contributed by atoms with Gasteiger partial charge in [0.05, 0.1) is 18.3 Å². The number of amides is 1. The Labute approximate surface area is 113 Å². The van der Waals surface area contributed by atoms with Crippen molar-refractivity contribution in [2.75, 3.05) is 18.2 Å². The average molecular weight is 263 g/mol. The second-order valence-corrected chi connectivity index (χ2v) is 5.13. The Morgan fingerprint density at radius 2 is 2.00 bits per heavy atom. The number of nitrogens with one attached hydrogen (secondary N) is 1. The molecule has 2 rings (SSSR count). The van der Waals surface area contributed by atoms with Crippen molar-refractivity contribution >= 4 is 17.3 Å². The minimum Gasteiger partial charge on any atom is -0.495 e. The number of nitrogen functional groups attached to an aromatic ring is 1. The van der Waals surface area contributed by atoms with Gasteiger partial charge in [0, 0.05) is 5.69 Å². The first kappa shape index (κ1) is 13.7. The first-order chi connectivity index (χ1) is 9.05. The lowest BCUT2D eigenvalue weighted by Gasteiger charge is -2.31. The van der Waals surface area contributed by atoms with Crippen molar-refractivity contribution < 1.29 is 9.53 Å². The summed E-state index contributed by atoms with van der Waals surface area (Å²) in [5.41, 5.74) is 12.4. The highest BCUT2D eigenvalue weighted by molar-refractivity contribution is 5.98. The largest absolute Gasteiger partial charge is 0.495 e. The number of hydrogen-bond acceptors (Lipinski definition) is 4. The van der Waals surface area contributed by atoms with E-state index >= 15 is 0 Å². The minimum absolute atomic E-state index is 0.128. The molecule has 5 nitrogen and oxygen atoms in total. The van der Waals surface area contributed by atoms with Gasteiger partial charge in [-0.3, -0.25) is 4.79 Å². The predicted molar refractivity (Wildman–Crippen MR) is 76.0 cm³/mol. The molecule has 0 saturated heterocycles. The Morgan fingerprint density at radius 1 is 1.32 bits per heavy atom. The highest BCUT2D eigenvalue weighted by Crippen LogP contribution is 2.29. The zero-order valence-corrected chi connectivity index (χ0v) is 11.2. The minimum atomic E-state index is -0.743. The molecule has 104 valence electrons. The maximum absolute atomic E-state index is 12.2. The van der Waals surface area contributed by atoms with Crippen LogP contribution in [0.3, 0.4) is 0 Å². The molecule has 1 aliphatic rings. The van der Waals surface area contributed by atoms with Crippen molar-refractivity contribution in [3.8, 4) is 5.75 Å². The number of benzene rings is 1. The number of rotatable bonds is 3. The molecule has 1 aliphatic carbocycles. The normalized spacial score (nSPS) is 17.8. The number of anilines is 2. The van der Waals surface area contributed by atoms with Crippen molar-refractivity contribution in [2.45, 2.75) is 37.6 Å². The topological polar surface area (TPSA) is 90.4 Å². The van der Waals surface area contributed by atoms with Crippen LogP contribution in [-0.2, 0) is 4.79 Å². The Balaban J connectivity index is 2.08. The van der Waals surface area contributed by atoms with E-state index in [0.717, 1.165) is 32.1 Å². The second kappa shape index (κ2) is 5.48. The number of nitrogens with two attached hydrogens (primary N) is 2. The van der Waals surface area contributed by atoms with Gasteiger partial charge in [-0.1, -0.05) is 19.3 Å². The smallest absolute Gasteiger partial charge is 0.244 e. The molecule has 0 unspecified atom stereocenters. The Morgan fingerprint density at radius 3 is 2.58 bits per heavy atom. The van der Waals surface area contributed by atoms with Gasteiger partial charge in [0.15, 0.2) is 0 Å². The Hall–Kier alpha value is -1.75. The van der Waals surface area contributed by atoms with Gasteiger partial charge in [-0.2, -0.15) is 0 Å². The van der Waals surface area contributed by atoms with Crippen LogP contribution in [0, 0.1) is 0 Å². The molecule has 5 N–H and O–H groups in total. The van der Waals surface area contributed by atoms with E-state index in [2.05, 4.69) is 5.32 Å². The zero-order valence-electron chi connectivity index (χ0n) is 11.2. The lowest BCUT2D eigenvalue weighted by molar-refractivity contribution is -0.122. The van der Waals surface area contributed by atoms with Gasteiger partial charge in [-0.25, -0.2) is 0 Å². The zero-order chi connectivity index (χ0) is 13.9. The molecular weight excluding hydrogens is 242 g/mol. The Kier molecular flexibility index (Phi) is 3.95. The van der Waals surface area contributed by atoms with Gasteiger partial charge >= 0.3 is 0 Å². The summed E-state index contributed by atoms with van der Waals surface area (Å²) in [5, 5.41) is 2.84. The lowest BCUT2D eigenvalue weighted by Crippen LogP contribution is -2.52. The average Bonchev–Trinajstić information content (AvgIpc) is 2.40. The molecular formula is C14H21N3O2. The van der Waals surface area contributed by atoms with Crippen LogP contribution < -0.4 is 21.5 Å². The van der Waals surface area contributed by atoms with E-state index in [1.54, 1.807) is 25.3 Å². The number of carbonyl (C=O) groups is 1. The van der Waals surface area contributed by atoms with Crippen LogP contribution in [0.15, 0.2) is 18.2 Å². The van der Waals surface area contributed by atoms with Gasteiger partial charge in [0.25, 0.3) is 0 Å². The predicted octanol–water partition coefficient (Wildman–Crippen LogP) is 1.88. The Bertz CT molecular complexity index is 468. The van der Waals surface area contributed by atoms with Gasteiger partial charge in [-0.15, -0.1) is 0 Å². The van der Waals surface area contributed by atoms with E-state index in [0.29, 0.717) is 17.1 Å². The van der Waals surface area contributed by atoms with E-state index in [9.17, 15) is 4.79 Å². The quantitative estimate of drug-likeness (QED) is 0.726. The fraction of sp³-hybridized carbons (Fsp3) is 0.500. The summed E-state index contributed by atoms with van der Waals surface area (Å²) < 4.78 is 5.08. The SMILES string of the molecule is COc1ccc(NC(=O)C2(N)CCCCC2)cc1N. The van der Waals surface area contributed by atoms with Gasteiger partial charge in [-0.05, 0) is 31.0 Å². The van der Waals surface area contributed by atoms with Crippen LogP contribution in [0.25, 0.3) is 0 Å². The molecule has 0 heterocycles. The lowest BCUT2D eigenvalue weighted by atomic mass is 9.82. The molecule has 1 fully saturated rings. The molecule has 19 heavy (non-hydrogen) atoms. The number of ether oxygens (including phenoxy) is 1. The molecule has 0 aromatic heterocycles. The van der Waals surface area contributed by atoms with Crippen LogP contribution in [-0.4, -0.2) is 18.6 Å². The van der Waals surface area contributed by atoms with Crippen LogP contribution >= 0.6 is 0 Å². The molecule has 1 aromatic rings. The molecule has 0 aliphatic heterocycles. The van der Waals surface area contributed by atoms with E-state index in [1.807, 2.05) is 0 Å². The number of hydrogen-bond donors (Lipinski definition) is 3. The molecule has 1 aromatic carbocycles. The number of carbonyl (C=O) groups excluding carboxylic acids is 1. The number of methoxy groups -OCH3 is 1. The molecule has 0 atom stereocenters. The molecule has 1 saturated carbocycles. The monoisotopic (exact) mass is 263 g/mol. The van der Waals surface area contributed by atoms with Crippen molar-refractivity contribution in [3.05, 3.63) is 18.2 Å². The summed E-state index contributed by atoms with van der Waals surface area (Å²) in [7, 11) is 1.56. The van der Waals surface area contributed by atoms with Crippen molar-refractivity contribution in [1.29, 1.82) is 0 Å². The molecule has 0 bridgehead atoms. The summed E-state index contributed by atoms with van der Waals surface area (Å²) >= 11 is 0. The third kappa shape index (κ3) is 2.98. The van der Waals surface area contributed by atoms with Crippen molar-refractivity contribution in [1.82, 2.24) is 0 Å². The standard InChI is InChI=1S/C14H21N3O2/c1-19-12-6-5-10(9-11(12)15)17-13(18)14(16)7-3-2-4-8-14/h5-6,9H,2-4,7-8,15-16H2,1H3,(H,17,18). The highest BCUT2D eigenvalue weighted by Gasteiger charge is 2.35. The third-order valence-electron chi connectivity index (χ3n) is 3.69. The van der Waals surface area contributed by atoms with Crippen LogP contribution in [0.2, 0.25) is 0 Å². The first-order valence-electron chi connectivity index (χ1n) is 6.59. The van der Waals surface area contributed by atoms with Crippen LogP contribution in [0.4, 0.5) is 11.4 Å². The summed E-state index contributed by atoms with van der Waals surface area (Å²) in [6, 6.07) is 5.18. The molecule has 5 heteroatoms. The van der Waals surface area contributed by atoms with Crippen molar-refractivity contribution in [2.24, 2.45) is 5.73 Å². The van der Waals surface area contributed by atoms with Gasteiger partial charge in [0.1, 0.15) is 5.75 Å².